The lowest BCUT2D eigenvalue weighted by atomic mass is 10.0. The van der Waals surface area contributed by atoms with Crippen LogP contribution in [-0.2, 0) is 0 Å². The SMILES string of the molecule is CCCCCCCCCCCCCCCCCCSCCC(O)n1cnc2c(N)ncnc21. The molecule has 0 spiro atoms. The lowest BCUT2D eigenvalue weighted by Crippen LogP contribution is -2.09. The Morgan fingerprint density at radius 2 is 1.33 bits per heavy atom. The molecule has 0 aromatic carbocycles. The highest BCUT2D eigenvalue weighted by atomic mass is 32.2. The van der Waals surface area contributed by atoms with E-state index in [1.165, 1.54) is 115 Å². The first-order valence-electron chi connectivity index (χ1n) is 13.4. The van der Waals surface area contributed by atoms with Crippen molar-refractivity contribution in [3.8, 4) is 0 Å². The monoisotopic (exact) mass is 477 g/mol. The number of thioether (sulfide) groups is 1. The van der Waals surface area contributed by atoms with Crippen molar-refractivity contribution in [2.75, 3.05) is 17.2 Å². The fraction of sp³-hybridized carbons (Fsp3) is 0.808. The van der Waals surface area contributed by atoms with E-state index in [4.69, 9.17) is 5.73 Å². The Hall–Kier alpha value is -1.34. The molecule has 1 atom stereocenters. The number of fused-ring (bicyclic) bond motifs is 1. The lowest BCUT2D eigenvalue weighted by molar-refractivity contribution is 0.105. The molecule has 1 unspecified atom stereocenters. The Labute approximate surface area is 205 Å². The maximum atomic E-state index is 10.5. The number of aliphatic hydroxyl groups excluding tert-OH is 1. The van der Waals surface area contributed by atoms with Crippen molar-refractivity contribution < 1.29 is 5.11 Å². The van der Waals surface area contributed by atoms with Gasteiger partial charge in [-0.25, -0.2) is 15.0 Å². The molecule has 0 aliphatic rings. The van der Waals surface area contributed by atoms with Gasteiger partial charge >= 0.3 is 0 Å². The summed E-state index contributed by atoms with van der Waals surface area (Å²) in [5.74, 6) is 2.45. The average molecular weight is 478 g/mol. The molecule has 0 saturated heterocycles. The Kier molecular flexibility index (Phi) is 15.3. The van der Waals surface area contributed by atoms with Crippen LogP contribution in [0, 0.1) is 0 Å². The number of rotatable bonds is 21. The summed E-state index contributed by atoms with van der Waals surface area (Å²) in [7, 11) is 0. The number of hydrogen-bond donors (Lipinski definition) is 2. The lowest BCUT2D eigenvalue weighted by Gasteiger charge is -2.12. The molecule has 0 radical (unpaired) electrons. The number of hydrogen-bond acceptors (Lipinski definition) is 6. The molecule has 2 aromatic rings. The molecule has 0 amide bonds. The standard InChI is InChI=1S/C26H47N5OS/c1-2-3-4-5-6-7-8-9-10-11-12-13-14-15-16-17-19-33-20-18-23(32)31-22-30-24-25(27)28-21-29-26(24)31/h21-23,32H,2-20H2,1H3,(H2,27,28,29). The first kappa shape index (κ1) is 27.9. The maximum absolute atomic E-state index is 10.5. The number of nitrogens with two attached hydrogens (primary N) is 1. The molecule has 0 bridgehead atoms. The summed E-state index contributed by atoms with van der Waals surface area (Å²) in [6.07, 6.45) is 25.6. The minimum Gasteiger partial charge on any atom is -0.382 e. The zero-order valence-corrected chi connectivity index (χ0v) is 21.7. The summed E-state index contributed by atoms with van der Waals surface area (Å²) in [6, 6.07) is 0. The third-order valence-electron chi connectivity index (χ3n) is 6.37. The van der Waals surface area contributed by atoms with Crippen LogP contribution in [0.4, 0.5) is 5.82 Å². The van der Waals surface area contributed by atoms with Crippen LogP contribution in [0.1, 0.15) is 122 Å². The van der Waals surface area contributed by atoms with E-state index in [9.17, 15) is 5.11 Å². The van der Waals surface area contributed by atoms with Gasteiger partial charge in [-0.3, -0.25) is 4.57 Å². The molecular formula is C26H47N5OS. The van der Waals surface area contributed by atoms with Crippen LogP contribution in [0.3, 0.4) is 0 Å². The van der Waals surface area contributed by atoms with Crippen molar-refractivity contribution >= 4 is 28.7 Å². The number of unbranched alkanes of at least 4 members (excludes halogenated alkanes) is 15. The largest absolute Gasteiger partial charge is 0.382 e. The molecule has 2 rings (SSSR count). The summed E-state index contributed by atoms with van der Waals surface area (Å²) in [4.78, 5) is 12.4. The van der Waals surface area contributed by atoms with Crippen molar-refractivity contribution in [2.24, 2.45) is 0 Å². The van der Waals surface area contributed by atoms with Crippen molar-refractivity contribution in [3.05, 3.63) is 12.7 Å². The summed E-state index contributed by atoms with van der Waals surface area (Å²) in [6.45, 7) is 2.29. The van der Waals surface area contributed by atoms with Crippen LogP contribution >= 0.6 is 11.8 Å². The molecule has 3 N–H and O–H groups in total. The summed E-state index contributed by atoms with van der Waals surface area (Å²) >= 11 is 1.92. The van der Waals surface area contributed by atoms with Crippen LogP contribution in [0.15, 0.2) is 12.7 Å². The molecule has 33 heavy (non-hydrogen) atoms. The Bertz CT molecular complexity index is 739. The zero-order chi connectivity index (χ0) is 23.6. The second kappa shape index (κ2) is 18.0. The van der Waals surface area contributed by atoms with Gasteiger partial charge in [0, 0.05) is 6.42 Å². The highest BCUT2D eigenvalue weighted by Crippen LogP contribution is 2.21. The van der Waals surface area contributed by atoms with Crippen LogP contribution in [0.5, 0.6) is 0 Å². The first-order chi connectivity index (χ1) is 16.2. The number of aromatic nitrogens is 4. The van der Waals surface area contributed by atoms with Gasteiger partial charge in [-0.05, 0) is 17.9 Å². The van der Waals surface area contributed by atoms with Gasteiger partial charge in [-0.2, -0.15) is 11.8 Å². The van der Waals surface area contributed by atoms with Crippen LogP contribution in [0.25, 0.3) is 11.2 Å². The molecule has 7 heteroatoms. The smallest absolute Gasteiger partial charge is 0.167 e. The molecule has 0 aliphatic carbocycles. The van der Waals surface area contributed by atoms with Gasteiger partial charge in [-0.15, -0.1) is 0 Å². The van der Waals surface area contributed by atoms with Crippen molar-refractivity contribution in [3.63, 3.8) is 0 Å². The highest BCUT2D eigenvalue weighted by molar-refractivity contribution is 7.99. The van der Waals surface area contributed by atoms with Crippen molar-refractivity contribution in [1.29, 1.82) is 0 Å². The third kappa shape index (κ3) is 11.6. The molecule has 0 saturated carbocycles. The van der Waals surface area contributed by atoms with Gasteiger partial charge in [0.15, 0.2) is 11.5 Å². The Morgan fingerprint density at radius 3 is 1.91 bits per heavy atom. The van der Waals surface area contributed by atoms with Crippen molar-refractivity contribution in [1.82, 2.24) is 19.5 Å². The number of nitrogen functional groups attached to an aromatic ring is 1. The second-order valence-corrected chi connectivity index (χ2v) is 10.5. The maximum Gasteiger partial charge on any atom is 0.167 e. The zero-order valence-electron chi connectivity index (χ0n) is 20.9. The predicted molar refractivity (Wildman–Crippen MR) is 142 cm³/mol. The van der Waals surface area contributed by atoms with Crippen LogP contribution in [-0.4, -0.2) is 36.1 Å². The van der Waals surface area contributed by atoms with E-state index in [1.54, 1.807) is 10.9 Å². The Morgan fingerprint density at radius 1 is 0.788 bits per heavy atom. The van der Waals surface area contributed by atoms with E-state index in [2.05, 4.69) is 21.9 Å². The Balaban J connectivity index is 1.34. The van der Waals surface area contributed by atoms with Crippen molar-refractivity contribution in [2.45, 2.75) is 122 Å². The van der Waals surface area contributed by atoms with Gasteiger partial charge in [0.2, 0.25) is 0 Å². The predicted octanol–water partition coefficient (Wildman–Crippen LogP) is 7.28. The fourth-order valence-corrected chi connectivity index (χ4v) is 5.26. The summed E-state index contributed by atoms with van der Waals surface area (Å²) in [5, 5.41) is 10.5. The molecule has 0 aliphatic heterocycles. The molecule has 6 nitrogen and oxygen atoms in total. The molecule has 2 aromatic heterocycles. The normalized spacial score (nSPS) is 12.5. The van der Waals surface area contributed by atoms with Gasteiger partial charge in [-0.1, -0.05) is 103 Å². The third-order valence-corrected chi connectivity index (χ3v) is 7.47. The van der Waals surface area contributed by atoms with E-state index in [0.29, 0.717) is 23.4 Å². The minimum absolute atomic E-state index is 0.351. The number of nitrogens with zero attached hydrogens (tertiary/aromatic N) is 4. The van der Waals surface area contributed by atoms with E-state index in [1.807, 2.05) is 11.8 Å². The average Bonchev–Trinajstić information content (AvgIpc) is 3.26. The quantitative estimate of drug-likeness (QED) is 0.184. The molecule has 0 fully saturated rings. The highest BCUT2D eigenvalue weighted by Gasteiger charge is 2.13. The number of anilines is 1. The van der Waals surface area contributed by atoms with E-state index < -0.39 is 6.23 Å². The fourth-order valence-electron chi connectivity index (χ4n) is 4.27. The van der Waals surface area contributed by atoms with E-state index >= 15 is 0 Å². The summed E-state index contributed by atoms with van der Waals surface area (Å²) in [5.41, 5.74) is 6.96. The molecule has 188 valence electrons. The second-order valence-electron chi connectivity index (χ2n) is 9.27. The van der Waals surface area contributed by atoms with Crippen LogP contribution < -0.4 is 5.73 Å². The van der Waals surface area contributed by atoms with E-state index in [0.717, 1.165) is 5.75 Å². The van der Waals surface area contributed by atoms with Gasteiger partial charge < -0.3 is 10.8 Å². The van der Waals surface area contributed by atoms with Crippen LogP contribution in [0.2, 0.25) is 0 Å². The van der Waals surface area contributed by atoms with Gasteiger partial charge in [0.1, 0.15) is 18.1 Å². The molecular weight excluding hydrogens is 430 g/mol. The number of imidazole rings is 1. The molecule has 2 heterocycles. The van der Waals surface area contributed by atoms with E-state index in [-0.39, 0.29) is 0 Å². The minimum atomic E-state index is -0.623. The van der Waals surface area contributed by atoms with Gasteiger partial charge in [0.05, 0.1) is 6.33 Å². The number of aliphatic hydroxyl groups is 1. The first-order valence-corrected chi connectivity index (χ1v) is 14.6. The topological polar surface area (TPSA) is 89.8 Å². The summed E-state index contributed by atoms with van der Waals surface area (Å²) < 4.78 is 1.68. The van der Waals surface area contributed by atoms with Gasteiger partial charge in [0.25, 0.3) is 0 Å².